The van der Waals surface area contributed by atoms with E-state index in [0.717, 1.165) is 12.8 Å². The molecule has 0 N–H and O–H groups in total. The molecule has 0 aliphatic heterocycles. The number of hydrogen-bond donors (Lipinski definition) is 0. The number of allylic oxidation sites excluding steroid dienone is 4. The first-order valence-corrected chi connectivity index (χ1v) is 22.6. The minimum absolute atomic E-state index is 0. The van der Waals surface area contributed by atoms with Crippen LogP contribution in [0.5, 0.6) is 0 Å². The molecule has 46 heavy (non-hydrogen) atoms. The topological polar surface area (TPSA) is 0 Å². The molecule has 2 aliphatic rings. The van der Waals surface area contributed by atoms with E-state index in [-0.39, 0.29) is 35.6 Å². The van der Waals surface area contributed by atoms with E-state index in [4.69, 9.17) is 4.21 Å². The van der Waals surface area contributed by atoms with Gasteiger partial charge in [-0.2, -0.15) is 0 Å². The van der Waals surface area contributed by atoms with E-state index in [0.29, 0.717) is 0 Å². The fourth-order valence-electron chi connectivity index (χ4n) is 7.61. The van der Waals surface area contributed by atoms with Gasteiger partial charge in [0.25, 0.3) is 0 Å². The van der Waals surface area contributed by atoms with Crippen LogP contribution in [0.1, 0.15) is 90.0 Å². The van der Waals surface area contributed by atoms with Crippen molar-refractivity contribution in [2.24, 2.45) is 0 Å². The van der Waals surface area contributed by atoms with Crippen molar-refractivity contribution in [2.75, 3.05) is 0 Å². The third-order valence-corrected chi connectivity index (χ3v) is 20.5. The summed E-state index contributed by atoms with van der Waals surface area (Å²) in [6, 6.07) is 30.0. The van der Waals surface area contributed by atoms with Crippen molar-refractivity contribution in [1.82, 2.24) is 0 Å². The monoisotopic (exact) mass is 727 g/mol. The Hall–Kier alpha value is -2.31. The predicted octanol–water partition coefficient (Wildman–Crippen LogP) is 12.3. The van der Waals surface area contributed by atoms with Gasteiger partial charge in [-0.05, 0) is 0 Å². The molecule has 0 saturated heterocycles. The van der Waals surface area contributed by atoms with Gasteiger partial charge in [-0.3, -0.25) is 0 Å². The number of hydrogen-bond acceptors (Lipinski definition) is 0. The SMILES string of the molecule is Cl.Cl.[CH2]=[Zr]([CH2]CCC)([C]1=CC=CC1)[c]1c2c(cc(C(C)(C)C)c1-c1ccccc1)-c1cc(C(C)(C)C)c(-c3ccccc3)cc1C2. The molecule has 0 saturated carbocycles. The molecule has 2 aliphatic carbocycles. The van der Waals surface area contributed by atoms with E-state index >= 15 is 0 Å². The number of fused-ring (bicyclic) bond motifs is 3. The number of unbranched alkanes of at least 4 members (excludes halogenated alkanes) is 1. The molecule has 0 amide bonds. The van der Waals surface area contributed by atoms with Crippen LogP contribution in [-0.4, -0.2) is 4.21 Å². The third kappa shape index (κ3) is 6.68. The van der Waals surface area contributed by atoms with Crippen LogP contribution in [-0.2, 0) is 37.0 Å². The van der Waals surface area contributed by atoms with Gasteiger partial charge in [-0.1, -0.05) is 0 Å². The van der Waals surface area contributed by atoms with Crippen LogP contribution in [0.2, 0.25) is 4.13 Å². The summed E-state index contributed by atoms with van der Waals surface area (Å²) in [5.41, 5.74) is 14.4. The Labute approximate surface area is 295 Å². The molecule has 0 nitrogen and oxygen atoms in total. The number of benzene rings is 4. The van der Waals surface area contributed by atoms with Crippen LogP contribution < -0.4 is 3.27 Å². The van der Waals surface area contributed by atoms with Crippen LogP contribution in [0.4, 0.5) is 0 Å². The quantitative estimate of drug-likeness (QED) is 0.156. The molecule has 1 atom stereocenters. The van der Waals surface area contributed by atoms with E-state index < -0.39 is 19.8 Å². The molecule has 4 aromatic rings. The Balaban J connectivity index is 0.00000240. The number of rotatable bonds is 7. The van der Waals surface area contributed by atoms with Crippen LogP contribution >= 0.6 is 24.8 Å². The molecule has 0 bridgehead atoms. The predicted molar refractivity (Wildman–Crippen MR) is 206 cm³/mol. The van der Waals surface area contributed by atoms with E-state index in [1.165, 1.54) is 67.0 Å². The molecule has 0 heterocycles. The molecule has 1 unspecified atom stereocenters. The van der Waals surface area contributed by atoms with E-state index in [1.54, 1.807) is 12.1 Å². The van der Waals surface area contributed by atoms with Crippen LogP contribution in [0.25, 0.3) is 33.4 Å². The summed E-state index contributed by atoms with van der Waals surface area (Å²) in [7, 11) is 0. The maximum absolute atomic E-state index is 5.43. The number of halogens is 2. The van der Waals surface area contributed by atoms with Gasteiger partial charge in [0.2, 0.25) is 0 Å². The minimum atomic E-state index is -3.36. The fourth-order valence-corrected chi connectivity index (χ4v) is 18.3. The molecule has 0 fully saturated rings. The molecule has 0 aromatic heterocycles. The zero-order chi connectivity index (χ0) is 31.3. The molecular formula is C43H51Cl2Zr. The van der Waals surface area contributed by atoms with Crippen LogP contribution in [0.3, 0.4) is 0 Å². The van der Waals surface area contributed by atoms with Crippen molar-refractivity contribution in [3.63, 3.8) is 0 Å². The van der Waals surface area contributed by atoms with Crippen molar-refractivity contribution in [1.29, 1.82) is 0 Å². The first-order chi connectivity index (χ1) is 20.9. The summed E-state index contributed by atoms with van der Waals surface area (Å²) in [4.78, 5) is 0. The average Bonchev–Trinajstić information content (AvgIpc) is 3.67. The summed E-state index contributed by atoms with van der Waals surface area (Å²) >= 11 is -3.36. The van der Waals surface area contributed by atoms with Crippen molar-refractivity contribution in [3.05, 3.63) is 123 Å². The second-order valence-electron chi connectivity index (χ2n) is 15.2. The summed E-state index contributed by atoms with van der Waals surface area (Å²) in [5, 5.41) is 0. The van der Waals surface area contributed by atoms with Gasteiger partial charge in [0.05, 0.1) is 0 Å². The molecule has 3 heteroatoms. The fraction of sp³-hybridized carbons (Fsp3) is 0.326. The van der Waals surface area contributed by atoms with Gasteiger partial charge in [0.15, 0.2) is 0 Å². The van der Waals surface area contributed by atoms with Gasteiger partial charge in [-0.25, -0.2) is 0 Å². The standard InChI is InChI=1S/C33H33.C5H5.C4H9.CH2.2ClH.Zr/c1-32(2,3)30-20-26-24(18-28(30)22-13-9-7-10-14-22)17-25-19-29(23-15-11-8-12-16-23)31(21-27(25)26)33(4,5)6;1-2-4-5-3-1;1-3-4-2;;;;/h7-16,18,20-21H,17H2,1-6H3;1-3H,4H2;1,3-4H2,2H3;1H2;2*1H;. The average molecular weight is 730 g/mol. The molecule has 0 radical (unpaired) electrons. The third-order valence-electron chi connectivity index (χ3n) is 9.92. The van der Waals surface area contributed by atoms with Crippen molar-refractivity contribution < 1.29 is 19.8 Å². The van der Waals surface area contributed by atoms with E-state index in [1.807, 2.05) is 0 Å². The van der Waals surface area contributed by atoms with Gasteiger partial charge >= 0.3 is 272 Å². The normalized spacial score (nSPS) is 14.9. The van der Waals surface area contributed by atoms with E-state index in [2.05, 4.69) is 146 Å². The summed E-state index contributed by atoms with van der Waals surface area (Å²) < 4.78 is 10.0. The van der Waals surface area contributed by atoms with Gasteiger partial charge < -0.3 is 0 Å². The first kappa shape index (κ1) is 36.5. The van der Waals surface area contributed by atoms with Gasteiger partial charge in [0.1, 0.15) is 0 Å². The molecule has 6 rings (SSSR count). The summed E-state index contributed by atoms with van der Waals surface area (Å²) in [6.45, 7) is 16.7. The Morgan fingerprint density at radius 2 is 1.30 bits per heavy atom. The van der Waals surface area contributed by atoms with E-state index in [9.17, 15) is 0 Å². The van der Waals surface area contributed by atoms with Crippen molar-refractivity contribution in [3.8, 4) is 33.4 Å². The van der Waals surface area contributed by atoms with Crippen molar-refractivity contribution >= 4 is 32.3 Å². The van der Waals surface area contributed by atoms with Gasteiger partial charge in [0, 0.05) is 0 Å². The Kier molecular flexibility index (Phi) is 11.2. The second-order valence-corrected chi connectivity index (χ2v) is 24.5. The molecule has 4 aromatic carbocycles. The molecule has 241 valence electrons. The Bertz CT molecular complexity index is 1810. The first-order valence-electron chi connectivity index (χ1n) is 16.6. The molecule has 0 spiro atoms. The maximum atomic E-state index is 5.43. The summed E-state index contributed by atoms with van der Waals surface area (Å²) in [5.74, 6) is 0. The van der Waals surface area contributed by atoms with Crippen LogP contribution in [0.15, 0.2) is 100 Å². The van der Waals surface area contributed by atoms with Crippen molar-refractivity contribution in [2.45, 2.75) is 89.1 Å². The van der Waals surface area contributed by atoms with Crippen LogP contribution in [0, 0.1) is 0 Å². The second kappa shape index (κ2) is 14.0. The van der Waals surface area contributed by atoms with Gasteiger partial charge in [-0.15, -0.1) is 24.8 Å². The molecular weight excluding hydrogens is 679 g/mol. The summed E-state index contributed by atoms with van der Waals surface area (Å²) in [6.07, 6.45) is 11.7. The zero-order valence-corrected chi connectivity index (χ0v) is 32.9. The zero-order valence-electron chi connectivity index (χ0n) is 28.8. The Morgan fingerprint density at radius 3 is 1.85 bits per heavy atom. The Morgan fingerprint density at radius 1 is 0.717 bits per heavy atom.